The zero-order valence-corrected chi connectivity index (χ0v) is 33.9. The summed E-state index contributed by atoms with van der Waals surface area (Å²) in [6.45, 7) is 4.70. The standard InChI is InChI=1S/C58H39N3/c1-58(2)51-34-43(46-30-26-41-23-22-39-16-11-17-40-27-33-49(46)54(41)53(39)40)28-31-47(51)48-32-29-44(35-52(48)58)56-59-55(42-24-20-37(21-25-42)36-12-5-3-6-13-36)60-57(61-56)50-19-10-9-18-45(50)38-14-7-4-8-15-38/h3-35H,1-2H3. The maximum Gasteiger partial charge on any atom is 0.164 e. The van der Waals surface area contributed by atoms with Gasteiger partial charge < -0.3 is 0 Å². The highest BCUT2D eigenvalue weighted by atomic mass is 15.0. The minimum absolute atomic E-state index is 0.258. The molecule has 1 aliphatic rings. The maximum atomic E-state index is 5.27. The predicted octanol–water partition coefficient (Wildman–Crippen LogP) is 15.1. The van der Waals surface area contributed by atoms with Crippen molar-refractivity contribution >= 4 is 32.3 Å². The number of hydrogen-bond acceptors (Lipinski definition) is 3. The van der Waals surface area contributed by atoms with Crippen LogP contribution in [0.3, 0.4) is 0 Å². The minimum atomic E-state index is -0.258. The van der Waals surface area contributed by atoms with Gasteiger partial charge in [0.05, 0.1) is 0 Å². The molecular weight excluding hydrogens is 739 g/mol. The second-order valence-corrected chi connectivity index (χ2v) is 16.8. The van der Waals surface area contributed by atoms with Crippen molar-refractivity contribution in [2.75, 3.05) is 0 Å². The first-order chi connectivity index (χ1) is 30.0. The monoisotopic (exact) mass is 777 g/mol. The van der Waals surface area contributed by atoms with Gasteiger partial charge in [-0.3, -0.25) is 0 Å². The number of benzene rings is 10. The van der Waals surface area contributed by atoms with Crippen LogP contribution in [0, 0.1) is 0 Å². The van der Waals surface area contributed by atoms with E-state index >= 15 is 0 Å². The van der Waals surface area contributed by atoms with E-state index in [0.29, 0.717) is 17.5 Å². The Labute approximate surface area is 355 Å². The maximum absolute atomic E-state index is 5.27. The second-order valence-electron chi connectivity index (χ2n) is 16.8. The Hall–Kier alpha value is -7.75. The van der Waals surface area contributed by atoms with Crippen LogP contribution in [0.1, 0.15) is 25.0 Å². The third kappa shape index (κ3) is 5.69. The second kappa shape index (κ2) is 13.7. The fourth-order valence-electron chi connectivity index (χ4n) is 9.78. The van der Waals surface area contributed by atoms with Gasteiger partial charge in [-0.25, -0.2) is 15.0 Å². The molecule has 1 aromatic heterocycles. The highest BCUT2D eigenvalue weighted by Crippen LogP contribution is 2.51. The van der Waals surface area contributed by atoms with Gasteiger partial charge in [-0.2, -0.15) is 0 Å². The van der Waals surface area contributed by atoms with E-state index < -0.39 is 0 Å². The van der Waals surface area contributed by atoms with Crippen molar-refractivity contribution in [2.45, 2.75) is 19.3 Å². The van der Waals surface area contributed by atoms with Gasteiger partial charge in [-0.15, -0.1) is 0 Å². The number of hydrogen-bond donors (Lipinski definition) is 0. The molecule has 3 heteroatoms. The molecule has 10 aromatic carbocycles. The van der Waals surface area contributed by atoms with Crippen molar-refractivity contribution in [1.29, 1.82) is 0 Å². The molecule has 1 aliphatic carbocycles. The number of rotatable bonds is 6. The predicted molar refractivity (Wildman–Crippen MR) is 254 cm³/mol. The summed E-state index contributed by atoms with van der Waals surface area (Å²) in [6, 6.07) is 72.0. The van der Waals surface area contributed by atoms with Crippen LogP contribution in [0.15, 0.2) is 200 Å². The number of fused-ring (bicyclic) bond motifs is 3. The van der Waals surface area contributed by atoms with E-state index in [2.05, 4.69) is 202 Å². The van der Waals surface area contributed by atoms with Crippen molar-refractivity contribution in [3.8, 4) is 78.7 Å². The molecule has 0 aliphatic heterocycles. The molecule has 11 aromatic rings. The molecule has 0 atom stereocenters. The molecule has 61 heavy (non-hydrogen) atoms. The molecule has 0 fully saturated rings. The van der Waals surface area contributed by atoms with Gasteiger partial charge in [0.1, 0.15) is 0 Å². The third-order valence-electron chi connectivity index (χ3n) is 12.9. The summed E-state index contributed by atoms with van der Waals surface area (Å²) in [5.41, 5.74) is 14.8. The zero-order chi connectivity index (χ0) is 40.7. The molecule has 286 valence electrons. The van der Waals surface area contributed by atoms with Crippen LogP contribution in [-0.2, 0) is 5.41 Å². The van der Waals surface area contributed by atoms with Crippen molar-refractivity contribution in [1.82, 2.24) is 15.0 Å². The Balaban J connectivity index is 0.974. The first kappa shape index (κ1) is 35.2. The lowest BCUT2D eigenvalue weighted by Gasteiger charge is -2.23. The first-order valence-corrected chi connectivity index (χ1v) is 21.0. The molecule has 1 heterocycles. The smallest absolute Gasteiger partial charge is 0.164 e. The number of aromatic nitrogens is 3. The minimum Gasteiger partial charge on any atom is -0.208 e. The van der Waals surface area contributed by atoms with E-state index in [-0.39, 0.29) is 5.41 Å². The Kier molecular flexibility index (Phi) is 7.88. The van der Waals surface area contributed by atoms with Gasteiger partial charge in [0, 0.05) is 22.1 Å². The first-order valence-electron chi connectivity index (χ1n) is 21.0. The SMILES string of the molecule is CC1(C)c2cc(-c3nc(-c4ccc(-c5ccccc5)cc4)nc(-c4ccccc4-c4ccccc4)n3)ccc2-c2ccc(-c3ccc4ccc5cccc6ccc3c4c56)cc21. The van der Waals surface area contributed by atoms with Gasteiger partial charge in [0.15, 0.2) is 17.5 Å². The van der Waals surface area contributed by atoms with Crippen molar-refractivity contribution in [3.63, 3.8) is 0 Å². The lowest BCUT2D eigenvalue weighted by Crippen LogP contribution is -2.15. The van der Waals surface area contributed by atoms with E-state index in [1.54, 1.807) is 0 Å². The van der Waals surface area contributed by atoms with Gasteiger partial charge in [-0.05, 0) is 100 Å². The molecule has 12 rings (SSSR count). The Bertz CT molecular complexity index is 3460. The Morgan fingerprint density at radius 1 is 0.295 bits per heavy atom. The highest BCUT2D eigenvalue weighted by molar-refractivity contribution is 6.25. The average molecular weight is 778 g/mol. The van der Waals surface area contributed by atoms with E-state index in [9.17, 15) is 0 Å². The lowest BCUT2D eigenvalue weighted by molar-refractivity contribution is 0.661. The fourth-order valence-corrected chi connectivity index (χ4v) is 9.78. The van der Waals surface area contributed by atoms with Gasteiger partial charge in [0.25, 0.3) is 0 Å². The molecule has 0 saturated carbocycles. The molecule has 0 saturated heterocycles. The number of nitrogens with zero attached hydrogens (tertiary/aromatic N) is 3. The van der Waals surface area contributed by atoms with E-state index in [1.807, 2.05) is 12.1 Å². The third-order valence-corrected chi connectivity index (χ3v) is 12.9. The van der Waals surface area contributed by atoms with Crippen LogP contribution in [-0.4, -0.2) is 15.0 Å². The van der Waals surface area contributed by atoms with Crippen LogP contribution in [0.25, 0.3) is 111 Å². The fraction of sp³-hybridized carbons (Fsp3) is 0.0517. The average Bonchev–Trinajstić information content (AvgIpc) is 3.55. The Morgan fingerprint density at radius 2 is 0.770 bits per heavy atom. The summed E-state index contributed by atoms with van der Waals surface area (Å²) in [5.74, 6) is 1.94. The summed E-state index contributed by atoms with van der Waals surface area (Å²) in [4.78, 5) is 15.7. The summed E-state index contributed by atoms with van der Waals surface area (Å²) < 4.78 is 0. The molecule has 0 N–H and O–H groups in total. The van der Waals surface area contributed by atoms with Crippen LogP contribution < -0.4 is 0 Å². The van der Waals surface area contributed by atoms with E-state index in [1.165, 1.54) is 71.3 Å². The quantitative estimate of drug-likeness (QED) is 0.158. The summed E-state index contributed by atoms with van der Waals surface area (Å²) in [6.07, 6.45) is 0. The zero-order valence-electron chi connectivity index (χ0n) is 33.9. The topological polar surface area (TPSA) is 38.7 Å². The van der Waals surface area contributed by atoms with Crippen LogP contribution in [0.2, 0.25) is 0 Å². The molecular formula is C58H39N3. The largest absolute Gasteiger partial charge is 0.208 e. The Morgan fingerprint density at radius 3 is 1.48 bits per heavy atom. The highest BCUT2D eigenvalue weighted by Gasteiger charge is 2.36. The summed E-state index contributed by atoms with van der Waals surface area (Å²) in [5, 5.41) is 7.83. The van der Waals surface area contributed by atoms with E-state index in [0.717, 1.165) is 33.4 Å². The van der Waals surface area contributed by atoms with Crippen LogP contribution in [0.4, 0.5) is 0 Å². The van der Waals surface area contributed by atoms with Gasteiger partial charge in [0.2, 0.25) is 0 Å². The van der Waals surface area contributed by atoms with Crippen molar-refractivity contribution < 1.29 is 0 Å². The van der Waals surface area contributed by atoms with Crippen molar-refractivity contribution in [2.24, 2.45) is 0 Å². The van der Waals surface area contributed by atoms with Gasteiger partial charge >= 0.3 is 0 Å². The summed E-state index contributed by atoms with van der Waals surface area (Å²) >= 11 is 0. The molecule has 0 unspecified atom stereocenters. The van der Waals surface area contributed by atoms with Crippen molar-refractivity contribution in [3.05, 3.63) is 211 Å². The van der Waals surface area contributed by atoms with Gasteiger partial charge in [-0.1, -0.05) is 202 Å². The normalized spacial score (nSPS) is 12.9. The molecule has 0 spiro atoms. The molecule has 0 bridgehead atoms. The lowest BCUT2D eigenvalue weighted by atomic mass is 9.80. The van der Waals surface area contributed by atoms with E-state index in [4.69, 9.17) is 15.0 Å². The van der Waals surface area contributed by atoms with Crippen LogP contribution >= 0.6 is 0 Å². The summed E-state index contributed by atoms with van der Waals surface area (Å²) in [7, 11) is 0. The molecule has 0 radical (unpaired) electrons. The molecule has 0 amide bonds. The molecule has 3 nitrogen and oxygen atoms in total. The van der Waals surface area contributed by atoms with Crippen LogP contribution in [0.5, 0.6) is 0 Å².